The number of ether oxygens (including phenoxy) is 1. The summed E-state index contributed by atoms with van der Waals surface area (Å²) in [6.45, 7) is 4.37. The number of pyridine rings is 1. The summed E-state index contributed by atoms with van der Waals surface area (Å²) in [5.74, 6) is 0. The minimum Gasteiger partial charge on any atom is -0.373 e. The molecule has 0 aliphatic heterocycles. The van der Waals surface area contributed by atoms with Gasteiger partial charge in [-0.3, -0.25) is 4.79 Å². The molecule has 2 aromatic carbocycles. The zero-order valence-electron chi connectivity index (χ0n) is 12.8. The molecule has 0 saturated carbocycles. The number of nitrogens with one attached hydrogen (secondary N) is 1. The highest BCUT2D eigenvalue weighted by Gasteiger charge is 2.05. The number of hydrogen-bond donors (Lipinski definition) is 1. The van der Waals surface area contributed by atoms with E-state index < -0.39 is 0 Å². The van der Waals surface area contributed by atoms with Crippen LogP contribution in [0.2, 0.25) is 0 Å². The Labute approximate surface area is 129 Å². The lowest BCUT2D eigenvalue weighted by Crippen LogP contribution is -2.12. The van der Waals surface area contributed by atoms with Crippen LogP contribution >= 0.6 is 0 Å². The highest BCUT2D eigenvalue weighted by Crippen LogP contribution is 2.22. The van der Waals surface area contributed by atoms with Crippen molar-refractivity contribution in [1.29, 1.82) is 0 Å². The Bertz CT molecular complexity index is 835. The van der Waals surface area contributed by atoms with Gasteiger partial charge in [0, 0.05) is 11.1 Å². The molecular formula is C19H19NO2. The van der Waals surface area contributed by atoms with Gasteiger partial charge in [0.1, 0.15) is 0 Å². The van der Waals surface area contributed by atoms with Crippen LogP contribution in [0.1, 0.15) is 19.5 Å². The van der Waals surface area contributed by atoms with E-state index in [1.54, 1.807) is 0 Å². The predicted octanol–water partition coefficient (Wildman–Crippen LogP) is 4.12. The van der Waals surface area contributed by atoms with Crippen LogP contribution in [0.4, 0.5) is 0 Å². The highest BCUT2D eigenvalue weighted by atomic mass is 16.5. The van der Waals surface area contributed by atoms with Gasteiger partial charge in [0.2, 0.25) is 0 Å². The Balaban J connectivity index is 2.01. The molecule has 0 unspecified atom stereocenters. The van der Waals surface area contributed by atoms with Crippen molar-refractivity contribution in [3.8, 4) is 11.1 Å². The number of aromatic nitrogens is 1. The first-order valence-corrected chi connectivity index (χ1v) is 7.46. The molecule has 3 aromatic rings. The lowest BCUT2D eigenvalue weighted by molar-refractivity contribution is 0.0636. The molecular weight excluding hydrogens is 274 g/mol. The molecule has 3 heteroatoms. The average molecular weight is 293 g/mol. The van der Waals surface area contributed by atoms with Crippen molar-refractivity contribution < 1.29 is 4.74 Å². The number of benzene rings is 2. The van der Waals surface area contributed by atoms with Gasteiger partial charge in [0.15, 0.2) is 0 Å². The number of hydrogen-bond acceptors (Lipinski definition) is 2. The van der Waals surface area contributed by atoms with E-state index >= 15 is 0 Å². The second-order valence-corrected chi connectivity index (χ2v) is 5.65. The maximum Gasteiger partial charge on any atom is 0.256 e. The molecule has 0 atom stereocenters. The van der Waals surface area contributed by atoms with Gasteiger partial charge in [-0.1, -0.05) is 42.5 Å². The van der Waals surface area contributed by atoms with Gasteiger partial charge in [-0.2, -0.15) is 0 Å². The first kappa shape index (κ1) is 14.5. The van der Waals surface area contributed by atoms with Gasteiger partial charge in [-0.25, -0.2) is 0 Å². The van der Waals surface area contributed by atoms with Gasteiger partial charge >= 0.3 is 0 Å². The fourth-order valence-electron chi connectivity index (χ4n) is 2.46. The predicted molar refractivity (Wildman–Crippen MR) is 89.9 cm³/mol. The topological polar surface area (TPSA) is 42.1 Å². The molecule has 0 aliphatic rings. The van der Waals surface area contributed by atoms with Crippen LogP contribution in [0.15, 0.2) is 59.4 Å². The smallest absolute Gasteiger partial charge is 0.256 e. The Hall–Kier alpha value is -2.39. The summed E-state index contributed by atoms with van der Waals surface area (Å²) in [4.78, 5) is 15.2. The van der Waals surface area contributed by atoms with Crippen molar-refractivity contribution in [2.75, 3.05) is 0 Å². The summed E-state index contributed by atoms with van der Waals surface area (Å²) in [7, 11) is 0. The first-order chi connectivity index (χ1) is 10.6. The van der Waals surface area contributed by atoms with Gasteiger partial charge in [0.05, 0.1) is 12.7 Å². The molecule has 112 valence electrons. The van der Waals surface area contributed by atoms with Crippen molar-refractivity contribution in [3.63, 3.8) is 0 Å². The minimum atomic E-state index is -0.0716. The number of H-pyrrole nitrogens is 1. The van der Waals surface area contributed by atoms with Crippen LogP contribution in [0, 0.1) is 0 Å². The fraction of sp³-hybridized carbons (Fsp3) is 0.211. The van der Waals surface area contributed by atoms with E-state index in [-0.39, 0.29) is 11.7 Å². The molecule has 1 aromatic heterocycles. The summed E-state index contributed by atoms with van der Waals surface area (Å²) in [6, 6.07) is 18.0. The van der Waals surface area contributed by atoms with Crippen LogP contribution in [-0.4, -0.2) is 11.1 Å². The Kier molecular flexibility index (Phi) is 4.07. The molecule has 22 heavy (non-hydrogen) atoms. The molecule has 0 aliphatic carbocycles. The molecule has 0 radical (unpaired) electrons. The summed E-state index contributed by atoms with van der Waals surface area (Å²) in [5, 5.41) is 1.64. The Morgan fingerprint density at radius 1 is 1.00 bits per heavy atom. The SMILES string of the molecule is CC(C)OCc1cc2ccc(-c3ccccc3)cc2c(=O)[nH]1. The standard InChI is InChI=1S/C19H19NO2/c1-13(2)22-12-17-10-16-9-8-15(11-18(16)19(21)20-17)14-6-4-3-5-7-14/h3-11,13H,12H2,1-2H3,(H,20,21). The van der Waals surface area contributed by atoms with E-state index in [0.717, 1.165) is 22.2 Å². The van der Waals surface area contributed by atoms with Gasteiger partial charge < -0.3 is 9.72 Å². The third kappa shape index (κ3) is 3.10. The van der Waals surface area contributed by atoms with Crippen molar-refractivity contribution >= 4 is 10.8 Å². The summed E-state index contributed by atoms with van der Waals surface area (Å²) in [5.41, 5.74) is 2.89. The molecule has 0 bridgehead atoms. The highest BCUT2D eigenvalue weighted by molar-refractivity contribution is 5.86. The van der Waals surface area contributed by atoms with Crippen LogP contribution in [0.25, 0.3) is 21.9 Å². The summed E-state index contributed by atoms with van der Waals surface area (Å²) < 4.78 is 5.55. The molecule has 3 nitrogen and oxygen atoms in total. The molecule has 0 fully saturated rings. The maximum atomic E-state index is 12.3. The monoisotopic (exact) mass is 293 g/mol. The van der Waals surface area contributed by atoms with Crippen molar-refractivity contribution in [2.24, 2.45) is 0 Å². The van der Waals surface area contributed by atoms with E-state index in [2.05, 4.69) is 4.98 Å². The van der Waals surface area contributed by atoms with Crippen molar-refractivity contribution in [2.45, 2.75) is 26.6 Å². The first-order valence-electron chi connectivity index (χ1n) is 7.46. The molecule has 0 amide bonds. The van der Waals surface area contributed by atoms with Gasteiger partial charge in [-0.05, 0) is 42.5 Å². The van der Waals surface area contributed by atoms with Gasteiger partial charge in [-0.15, -0.1) is 0 Å². The van der Waals surface area contributed by atoms with Crippen LogP contribution in [0.5, 0.6) is 0 Å². The van der Waals surface area contributed by atoms with Gasteiger partial charge in [0.25, 0.3) is 5.56 Å². The van der Waals surface area contributed by atoms with E-state index in [4.69, 9.17) is 4.74 Å². The largest absolute Gasteiger partial charge is 0.373 e. The number of rotatable bonds is 4. The fourth-order valence-corrected chi connectivity index (χ4v) is 2.46. The third-order valence-corrected chi connectivity index (χ3v) is 3.58. The zero-order chi connectivity index (χ0) is 15.5. The molecule has 3 rings (SSSR count). The van der Waals surface area contributed by atoms with Crippen LogP contribution < -0.4 is 5.56 Å². The molecule has 0 saturated heterocycles. The minimum absolute atomic E-state index is 0.0716. The second kappa shape index (κ2) is 6.16. The molecule has 0 spiro atoms. The van der Waals surface area contributed by atoms with E-state index in [9.17, 15) is 4.79 Å². The Morgan fingerprint density at radius 3 is 2.50 bits per heavy atom. The number of fused-ring (bicyclic) bond motifs is 1. The van der Waals surface area contributed by atoms with Crippen molar-refractivity contribution in [3.05, 3.63) is 70.6 Å². The van der Waals surface area contributed by atoms with Crippen LogP contribution in [0.3, 0.4) is 0 Å². The lowest BCUT2D eigenvalue weighted by Gasteiger charge is -2.09. The lowest BCUT2D eigenvalue weighted by atomic mass is 10.0. The Morgan fingerprint density at radius 2 is 1.77 bits per heavy atom. The van der Waals surface area contributed by atoms with E-state index in [1.807, 2.05) is 68.4 Å². The van der Waals surface area contributed by atoms with Crippen molar-refractivity contribution in [1.82, 2.24) is 4.98 Å². The van der Waals surface area contributed by atoms with Crippen LogP contribution in [-0.2, 0) is 11.3 Å². The number of aromatic amines is 1. The van der Waals surface area contributed by atoms with E-state index in [1.165, 1.54) is 0 Å². The molecule has 1 N–H and O–H groups in total. The summed E-state index contributed by atoms with van der Waals surface area (Å²) in [6.07, 6.45) is 0.139. The van der Waals surface area contributed by atoms with E-state index in [0.29, 0.717) is 12.0 Å². The molecule has 1 heterocycles. The summed E-state index contributed by atoms with van der Waals surface area (Å²) >= 11 is 0. The second-order valence-electron chi connectivity index (χ2n) is 5.65. The zero-order valence-corrected chi connectivity index (χ0v) is 12.8. The quantitative estimate of drug-likeness (QED) is 0.786. The normalized spacial score (nSPS) is 11.2. The third-order valence-electron chi connectivity index (χ3n) is 3.58. The average Bonchev–Trinajstić information content (AvgIpc) is 2.53. The maximum absolute atomic E-state index is 12.3.